The van der Waals surface area contributed by atoms with Crippen molar-refractivity contribution in [2.45, 2.75) is 32.6 Å². The molecule has 7 heteroatoms. The van der Waals surface area contributed by atoms with E-state index in [-0.39, 0.29) is 17.8 Å². The number of esters is 1. The molecule has 0 bridgehead atoms. The molecule has 1 aliphatic heterocycles. The van der Waals surface area contributed by atoms with Crippen LogP contribution in [0, 0.1) is 5.92 Å². The van der Waals surface area contributed by atoms with Crippen molar-refractivity contribution in [3.05, 3.63) is 60.5 Å². The second kappa shape index (κ2) is 10.2. The van der Waals surface area contributed by atoms with Crippen LogP contribution in [0.15, 0.2) is 59.1 Å². The van der Waals surface area contributed by atoms with Gasteiger partial charge in [0, 0.05) is 31.5 Å². The van der Waals surface area contributed by atoms with Gasteiger partial charge in [-0.2, -0.15) is 4.98 Å². The van der Waals surface area contributed by atoms with Crippen LogP contribution < -0.4 is 0 Å². The van der Waals surface area contributed by atoms with Crippen LogP contribution in [0.3, 0.4) is 0 Å². The minimum absolute atomic E-state index is 0.0410. The normalized spacial score (nSPS) is 14.3. The first-order valence-electron chi connectivity index (χ1n) is 11.1. The van der Waals surface area contributed by atoms with Crippen molar-refractivity contribution in [1.29, 1.82) is 0 Å². The van der Waals surface area contributed by atoms with E-state index in [1.807, 2.05) is 42.5 Å². The fourth-order valence-electron chi connectivity index (χ4n) is 3.91. The number of ether oxygens (including phenoxy) is 1. The predicted molar refractivity (Wildman–Crippen MR) is 119 cm³/mol. The minimum Gasteiger partial charge on any atom is -0.466 e. The maximum atomic E-state index is 12.5. The smallest absolute Gasteiger partial charge is 0.309 e. The van der Waals surface area contributed by atoms with E-state index in [2.05, 4.69) is 22.3 Å². The molecule has 7 nitrogen and oxygen atoms in total. The van der Waals surface area contributed by atoms with Crippen LogP contribution in [0.4, 0.5) is 0 Å². The second-order valence-electron chi connectivity index (χ2n) is 7.86. The minimum atomic E-state index is -0.158. The maximum Gasteiger partial charge on any atom is 0.309 e. The summed E-state index contributed by atoms with van der Waals surface area (Å²) >= 11 is 0. The molecular formula is C25H27N3O4. The monoisotopic (exact) mass is 433 g/mol. The van der Waals surface area contributed by atoms with E-state index in [4.69, 9.17) is 9.26 Å². The number of piperidine rings is 1. The lowest BCUT2D eigenvalue weighted by molar-refractivity contribution is -0.151. The van der Waals surface area contributed by atoms with Crippen LogP contribution in [-0.2, 0) is 20.7 Å². The molecule has 1 fully saturated rings. The Labute approximate surface area is 187 Å². The topological polar surface area (TPSA) is 85.5 Å². The summed E-state index contributed by atoms with van der Waals surface area (Å²) in [6.45, 7) is 3.34. The number of amides is 1. The molecule has 3 aromatic rings. The van der Waals surface area contributed by atoms with Gasteiger partial charge in [0.05, 0.1) is 12.5 Å². The van der Waals surface area contributed by atoms with E-state index in [1.54, 1.807) is 11.8 Å². The lowest BCUT2D eigenvalue weighted by atomic mass is 9.97. The van der Waals surface area contributed by atoms with Gasteiger partial charge in [0.25, 0.3) is 0 Å². The number of hydrogen-bond donors (Lipinski definition) is 0. The number of rotatable bonds is 7. The molecule has 0 atom stereocenters. The Bertz CT molecular complexity index is 1040. The first-order valence-corrected chi connectivity index (χ1v) is 11.1. The molecule has 0 spiro atoms. The molecule has 0 unspecified atom stereocenters. The van der Waals surface area contributed by atoms with Crippen LogP contribution >= 0.6 is 0 Å². The van der Waals surface area contributed by atoms with Gasteiger partial charge >= 0.3 is 5.97 Å². The number of nitrogens with zero attached hydrogens (tertiary/aromatic N) is 3. The van der Waals surface area contributed by atoms with Crippen molar-refractivity contribution in [3.8, 4) is 22.5 Å². The zero-order chi connectivity index (χ0) is 22.3. The van der Waals surface area contributed by atoms with E-state index in [0.29, 0.717) is 57.1 Å². The Morgan fingerprint density at radius 2 is 1.66 bits per heavy atom. The van der Waals surface area contributed by atoms with Gasteiger partial charge in [-0.1, -0.05) is 59.8 Å². The third-order valence-electron chi connectivity index (χ3n) is 5.74. The van der Waals surface area contributed by atoms with Gasteiger partial charge < -0.3 is 14.2 Å². The van der Waals surface area contributed by atoms with Crippen molar-refractivity contribution >= 4 is 11.9 Å². The summed E-state index contributed by atoms with van der Waals surface area (Å²) in [6, 6.07) is 18.2. The molecule has 0 radical (unpaired) electrons. The number of hydrogen-bond acceptors (Lipinski definition) is 6. The Morgan fingerprint density at radius 1 is 1.00 bits per heavy atom. The number of carbonyl (C=O) groups is 2. The summed E-state index contributed by atoms with van der Waals surface area (Å²) < 4.78 is 10.4. The third-order valence-corrected chi connectivity index (χ3v) is 5.74. The first kappa shape index (κ1) is 21.7. The molecule has 1 amide bonds. The Morgan fingerprint density at radius 3 is 2.34 bits per heavy atom. The number of carbonyl (C=O) groups excluding carboxylic acids is 2. The Kier molecular flexibility index (Phi) is 6.94. The molecule has 166 valence electrons. The number of aromatic nitrogens is 2. The van der Waals surface area contributed by atoms with Crippen LogP contribution in [0.2, 0.25) is 0 Å². The highest BCUT2D eigenvalue weighted by Crippen LogP contribution is 2.24. The molecule has 2 heterocycles. The zero-order valence-corrected chi connectivity index (χ0v) is 18.2. The van der Waals surface area contributed by atoms with Gasteiger partial charge in [0.15, 0.2) is 0 Å². The maximum absolute atomic E-state index is 12.5. The van der Waals surface area contributed by atoms with E-state index >= 15 is 0 Å². The number of aryl methyl sites for hydroxylation is 1. The third kappa shape index (κ3) is 5.22. The molecule has 1 aliphatic rings. The van der Waals surface area contributed by atoms with Crippen LogP contribution in [-0.4, -0.2) is 46.6 Å². The quantitative estimate of drug-likeness (QED) is 0.521. The van der Waals surface area contributed by atoms with Gasteiger partial charge in [0.2, 0.25) is 17.6 Å². The molecule has 1 saturated heterocycles. The number of benzene rings is 2. The van der Waals surface area contributed by atoms with Gasteiger partial charge in [0.1, 0.15) is 0 Å². The summed E-state index contributed by atoms with van der Waals surface area (Å²) in [7, 11) is 0. The van der Waals surface area contributed by atoms with Crippen LogP contribution in [0.25, 0.3) is 22.5 Å². The van der Waals surface area contributed by atoms with Crippen molar-refractivity contribution in [1.82, 2.24) is 15.0 Å². The van der Waals surface area contributed by atoms with Crippen molar-refractivity contribution in [2.75, 3.05) is 19.7 Å². The highest BCUT2D eigenvalue weighted by molar-refractivity contribution is 5.77. The summed E-state index contributed by atoms with van der Waals surface area (Å²) in [5.74, 6) is 0.740. The van der Waals surface area contributed by atoms with Gasteiger partial charge in [-0.3, -0.25) is 9.59 Å². The van der Waals surface area contributed by atoms with Gasteiger partial charge in [-0.25, -0.2) is 0 Å². The summed E-state index contributed by atoms with van der Waals surface area (Å²) in [5.41, 5.74) is 3.14. The molecular weight excluding hydrogens is 406 g/mol. The molecule has 0 saturated carbocycles. The van der Waals surface area contributed by atoms with Crippen LogP contribution in [0.1, 0.15) is 32.1 Å². The Balaban J connectivity index is 1.28. The fourth-order valence-corrected chi connectivity index (χ4v) is 3.91. The molecule has 1 aromatic heterocycles. The van der Waals surface area contributed by atoms with Gasteiger partial charge in [-0.05, 0) is 30.9 Å². The highest BCUT2D eigenvalue weighted by Gasteiger charge is 2.28. The molecule has 2 aromatic carbocycles. The summed E-state index contributed by atoms with van der Waals surface area (Å²) in [4.78, 5) is 30.6. The SMILES string of the molecule is CCOC(=O)C1CCN(C(=O)CCc2nc(-c3ccc(-c4ccccc4)cc3)no2)CC1. The van der Waals surface area contributed by atoms with Crippen LogP contribution in [0.5, 0.6) is 0 Å². The zero-order valence-electron chi connectivity index (χ0n) is 18.2. The summed E-state index contributed by atoms with van der Waals surface area (Å²) in [6.07, 6.45) is 1.99. The number of likely N-dealkylation sites (tertiary alicyclic amines) is 1. The average molecular weight is 434 g/mol. The Hall–Kier alpha value is -3.48. The van der Waals surface area contributed by atoms with E-state index in [0.717, 1.165) is 16.7 Å². The highest BCUT2D eigenvalue weighted by atomic mass is 16.5. The van der Waals surface area contributed by atoms with E-state index in [1.165, 1.54) is 0 Å². The first-order chi connectivity index (χ1) is 15.6. The van der Waals surface area contributed by atoms with Crippen molar-refractivity contribution in [2.24, 2.45) is 5.92 Å². The fraction of sp³-hybridized carbons (Fsp3) is 0.360. The molecule has 4 rings (SSSR count). The molecule has 0 N–H and O–H groups in total. The van der Waals surface area contributed by atoms with Crippen molar-refractivity contribution in [3.63, 3.8) is 0 Å². The predicted octanol–water partition coefficient (Wildman–Crippen LogP) is 4.14. The lowest BCUT2D eigenvalue weighted by Crippen LogP contribution is -2.40. The van der Waals surface area contributed by atoms with Crippen molar-refractivity contribution < 1.29 is 18.8 Å². The largest absolute Gasteiger partial charge is 0.466 e. The molecule has 0 aliphatic carbocycles. The second-order valence-corrected chi connectivity index (χ2v) is 7.86. The average Bonchev–Trinajstić information content (AvgIpc) is 3.32. The lowest BCUT2D eigenvalue weighted by Gasteiger charge is -2.30. The van der Waals surface area contributed by atoms with E-state index in [9.17, 15) is 9.59 Å². The molecule has 32 heavy (non-hydrogen) atoms. The standard InChI is InChI=1S/C25H27N3O4/c1-2-31-25(30)21-14-16-28(17-15-21)23(29)13-12-22-26-24(27-32-22)20-10-8-19(9-11-20)18-6-4-3-5-7-18/h3-11,21H,2,12-17H2,1H3. The van der Waals surface area contributed by atoms with E-state index < -0.39 is 0 Å². The summed E-state index contributed by atoms with van der Waals surface area (Å²) in [5, 5.41) is 4.06. The van der Waals surface area contributed by atoms with Gasteiger partial charge in [-0.15, -0.1) is 0 Å².